The predicted molar refractivity (Wildman–Crippen MR) is 94.8 cm³/mol. The highest BCUT2D eigenvalue weighted by Crippen LogP contribution is 2.31. The number of rotatable bonds is 3. The lowest BCUT2D eigenvalue weighted by Crippen LogP contribution is -2.22. The van der Waals surface area contributed by atoms with Crippen molar-refractivity contribution in [1.29, 1.82) is 0 Å². The number of H-pyrrole nitrogens is 1. The molecule has 1 fully saturated rings. The molecule has 3 aromatic rings. The van der Waals surface area contributed by atoms with Crippen molar-refractivity contribution in [3.8, 4) is 11.1 Å². The molecule has 0 aliphatic heterocycles. The third-order valence-corrected chi connectivity index (χ3v) is 4.71. The van der Waals surface area contributed by atoms with Crippen molar-refractivity contribution in [2.75, 3.05) is 5.32 Å². The third-order valence-electron chi connectivity index (χ3n) is 4.51. The molecule has 0 amide bonds. The number of aromatic nitrogens is 3. The SMILES string of the molecule is Clc1cc(-c2c[nH]c3ncccc23)cc(NC2CCCCC2)n1. The van der Waals surface area contributed by atoms with E-state index in [0.717, 1.165) is 28.0 Å². The number of hydrogen-bond acceptors (Lipinski definition) is 3. The van der Waals surface area contributed by atoms with Gasteiger partial charge in [-0.1, -0.05) is 30.9 Å². The number of fused-ring (bicyclic) bond motifs is 1. The fourth-order valence-corrected chi connectivity index (χ4v) is 3.59. The molecule has 4 nitrogen and oxygen atoms in total. The average molecular weight is 327 g/mol. The summed E-state index contributed by atoms with van der Waals surface area (Å²) in [6, 6.07) is 8.51. The number of hydrogen-bond donors (Lipinski definition) is 2. The van der Waals surface area contributed by atoms with Crippen molar-refractivity contribution in [3.63, 3.8) is 0 Å². The Morgan fingerprint density at radius 3 is 2.91 bits per heavy atom. The molecule has 0 saturated heterocycles. The lowest BCUT2D eigenvalue weighted by Gasteiger charge is -2.23. The first-order valence-corrected chi connectivity index (χ1v) is 8.54. The van der Waals surface area contributed by atoms with Crippen molar-refractivity contribution in [1.82, 2.24) is 15.0 Å². The molecule has 118 valence electrons. The van der Waals surface area contributed by atoms with Crippen molar-refractivity contribution in [2.45, 2.75) is 38.1 Å². The number of nitrogens with zero attached hydrogens (tertiary/aromatic N) is 2. The van der Waals surface area contributed by atoms with E-state index in [1.807, 2.05) is 18.3 Å². The van der Waals surface area contributed by atoms with Gasteiger partial charge in [-0.05, 0) is 42.7 Å². The Morgan fingerprint density at radius 1 is 1.17 bits per heavy atom. The highest BCUT2D eigenvalue weighted by Gasteiger charge is 2.15. The van der Waals surface area contributed by atoms with Crippen LogP contribution in [0, 0.1) is 0 Å². The van der Waals surface area contributed by atoms with Gasteiger partial charge in [-0.15, -0.1) is 0 Å². The van der Waals surface area contributed by atoms with E-state index >= 15 is 0 Å². The normalized spacial score (nSPS) is 15.9. The summed E-state index contributed by atoms with van der Waals surface area (Å²) in [5.41, 5.74) is 3.05. The van der Waals surface area contributed by atoms with Gasteiger partial charge in [0, 0.05) is 29.4 Å². The molecular formula is C18H19ClN4. The van der Waals surface area contributed by atoms with Crippen LogP contribution < -0.4 is 5.32 Å². The maximum absolute atomic E-state index is 6.26. The molecule has 0 bridgehead atoms. The molecule has 5 heteroatoms. The van der Waals surface area contributed by atoms with Gasteiger partial charge in [0.05, 0.1) is 0 Å². The van der Waals surface area contributed by atoms with E-state index in [4.69, 9.17) is 11.6 Å². The van der Waals surface area contributed by atoms with Crippen LogP contribution in [0.5, 0.6) is 0 Å². The summed E-state index contributed by atoms with van der Waals surface area (Å²) >= 11 is 6.26. The summed E-state index contributed by atoms with van der Waals surface area (Å²) in [4.78, 5) is 12.0. The van der Waals surface area contributed by atoms with Gasteiger partial charge >= 0.3 is 0 Å². The van der Waals surface area contributed by atoms with E-state index in [1.54, 1.807) is 6.20 Å². The topological polar surface area (TPSA) is 53.6 Å². The van der Waals surface area contributed by atoms with Crippen LogP contribution in [-0.4, -0.2) is 21.0 Å². The van der Waals surface area contributed by atoms with E-state index in [1.165, 1.54) is 32.1 Å². The maximum Gasteiger partial charge on any atom is 0.137 e. The number of pyridine rings is 2. The van der Waals surface area contributed by atoms with Gasteiger partial charge in [-0.25, -0.2) is 9.97 Å². The van der Waals surface area contributed by atoms with Gasteiger partial charge in [0.15, 0.2) is 0 Å². The second-order valence-electron chi connectivity index (χ2n) is 6.14. The van der Waals surface area contributed by atoms with Gasteiger partial charge in [0.25, 0.3) is 0 Å². The molecular weight excluding hydrogens is 308 g/mol. The molecule has 1 saturated carbocycles. The van der Waals surface area contributed by atoms with Crippen LogP contribution in [0.3, 0.4) is 0 Å². The first-order valence-electron chi connectivity index (χ1n) is 8.16. The van der Waals surface area contributed by atoms with E-state index < -0.39 is 0 Å². The Hall–Kier alpha value is -2.07. The monoisotopic (exact) mass is 326 g/mol. The Bertz CT molecular complexity index is 821. The molecule has 0 spiro atoms. The smallest absolute Gasteiger partial charge is 0.137 e. The molecule has 0 radical (unpaired) electrons. The second kappa shape index (κ2) is 6.20. The first kappa shape index (κ1) is 14.5. The first-order chi connectivity index (χ1) is 11.3. The average Bonchev–Trinajstić information content (AvgIpc) is 2.99. The summed E-state index contributed by atoms with van der Waals surface area (Å²) in [7, 11) is 0. The molecule has 3 heterocycles. The fourth-order valence-electron chi connectivity index (χ4n) is 3.38. The Labute approximate surface area is 140 Å². The largest absolute Gasteiger partial charge is 0.367 e. The molecule has 4 rings (SSSR count). The molecule has 23 heavy (non-hydrogen) atoms. The molecule has 3 aromatic heterocycles. The molecule has 0 unspecified atom stereocenters. The Balaban J connectivity index is 1.68. The lowest BCUT2D eigenvalue weighted by atomic mass is 9.95. The van der Waals surface area contributed by atoms with Gasteiger partial charge in [0.2, 0.25) is 0 Å². The van der Waals surface area contributed by atoms with E-state index in [2.05, 4.69) is 32.4 Å². The third kappa shape index (κ3) is 3.04. The molecule has 0 atom stereocenters. The zero-order valence-corrected chi connectivity index (χ0v) is 13.6. The highest BCUT2D eigenvalue weighted by molar-refractivity contribution is 6.29. The Kier molecular flexibility index (Phi) is 3.92. The van der Waals surface area contributed by atoms with Crippen LogP contribution in [0.15, 0.2) is 36.7 Å². The van der Waals surface area contributed by atoms with Gasteiger partial charge in [-0.2, -0.15) is 0 Å². The quantitative estimate of drug-likeness (QED) is 0.664. The number of aromatic amines is 1. The maximum atomic E-state index is 6.26. The minimum absolute atomic E-state index is 0.507. The minimum Gasteiger partial charge on any atom is -0.367 e. The van der Waals surface area contributed by atoms with E-state index in [0.29, 0.717) is 11.2 Å². The summed E-state index contributed by atoms with van der Waals surface area (Å²) in [6.07, 6.45) is 10.1. The van der Waals surface area contributed by atoms with Crippen molar-refractivity contribution in [2.24, 2.45) is 0 Å². The number of nitrogens with one attached hydrogen (secondary N) is 2. The fraction of sp³-hybridized carbons (Fsp3) is 0.333. The lowest BCUT2D eigenvalue weighted by molar-refractivity contribution is 0.462. The summed E-state index contributed by atoms with van der Waals surface area (Å²) in [5.74, 6) is 0.859. The van der Waals surface area contributed by atoms with Crippen molar-refractivity contribution in [3.05, 3.63) is 41.8 Å². The van der Waals surface area contributed by atoms with Crippen LogP contribution in [0.25, 0.3) is 22.2 Å². The van der Waals surface area contributed by atoms with E-state index in [-0.39, 0.29) is 0 Å². The summed E-state index contributed by atoms with van der Waals surface area (Å²) in [6.45, 7) is 0. The molecule has 1 aliphatic rings. The highest BCUT2D eigenvalue weighted by atomic mass is 35.5. The Morgan fingerprint density at radius 2 is 2.04 bits per heavy atom. The number of halogens is 1. The van der Waals surface area contributed by atoms with Crippen LogP contribution >= 0.6 is 11.6 Å². The molecule has 1 aliphatic carbocycles. The van der Waals surface area contributed by atoms with Gasteiger partial charge in [0.1, 0.15) is 16.6 Å². The standard InChI is InChI=1S/C18H19ClN4/c19-16-9-12(15-11-21-18-14(15)7-4-8-20-18)10-17(23-16)22-13-5-2-1-3-6-13/h4,7-11,13H,1-3,5-6H2,(H,20,21)(H,22,23). The molecule has 2 N–H and O–H groups in total. The summed E-state index contributed by atoms with van der Waals surface area (Å²) in [5, 5.41) is 5.16. The van der Waals surface area contributed by atoms with Crippen LogP contribution in [0.1, 0.15) is 32.1 Å². The van der Waals surface area contributed by atoms with Crippen LogP contribution in [0.2, 0.25) is 5.15 Å². The van der Waals surface area contributed by atoms with Crippen LogP contribution in [0.4, 0.5) is 5.82 Å². The zero-order valence-electron chi connectivity index (χ0n) is 12.8. The predicted octanol–water partition coefficient (Wildman–Crippen LogP) is 5.02. The van der Waals surface area contributed by atoms with E-state index in [9.17, 15) is 0 Å². The van der Waals surface area contributed by atoms with Crippen LogP contribution in [-0.2, 0) is 0 Å². The number of anilines is 1. The second-order valence-corrected chi connectivity index (χ2v) is 6.53. The zero-order chi connectivity index (χ0) is 15.6. The summed E-state index contributed by atoms with van der Waals surface area (Å²) < 4.78 is 0. The van der Waals surface area contributed by atoms with Gasteiger partial charge in [-0.3, -0.25) is 0 Å². The van der Waals surface area contributed by atoms with Crippen molar-refractivity contribution >= 4 is 28.5 Å². The van der Waals surface area contributed by atoms with Crippen molar-refractivity contribution < 1.29 is 0 Å². The van der Waals surface area contributed by atoms with Gasteiger partial charge < -0.3 is 10.3 Å². The molecule has 0 aromatic carbocycles. The minimum atomic E-state index is 0.507.